The fourth-order valence-corrected chi connectivity index (χ4v) is 6.61. The molecule has 1 spiro atoms. The van der Waals surface area contributed by atoms with Crippen LogP contribution in [0.2, 0.25) is 0 Å². The second-order valence-electron chi connectivity index (χ2n) is 11.4. The highest BCUT2D eigenvalue weighted by molar-refractivity contribution is 6.32. The molecular formula is C32H28FNO3. The first-order chi connectivity index (χ1) is 17.6. The number of nitrogens with zero attached hydrogens (tertiary/aromatic N) is 1. The molecule has 2 heterocycles. The second-order valence-corrected chi connectivity index (χ2v) is 11.4. The Balaban J connectivity index is 1.72. The number of benzene rings is 3. The van der Waals surface area contributed by atoms with Crippen LogP contribution >= 0.6 is 0 Å². The van der Waals surface area contributed by atoms with Crippen molar-refractivity contribution in [3.63, 3.8) is 0 Å². The van der Waals surface area contributed by atoms with Crippen LogP contribution in [0.15, 0.2) is 72.8 Å². The van der Waals surface area contributed by atoms with Crippen molar-refractivity contribution in [1.29, 1.82) is 0 Å². The zero-order chi connectivity index (χ0) is 26.3. The summed E-state index contributed by atoms with van der Waals surface area (Å²) in [6.45, 7) is 7.48. The van der Waals surface area contributed by atoms with E-state index in [1.165, 1.54) is 6.07 Å². The van der Waals surface area contributed by atoms with Crippen LogP contribution in [-0.2, 0) is 4.79 Å². The third kappa shape index (κ3) is 3.03. The molecule has 1 unspecified atom stereocenters. The Kier molecular flexibility index (Phi) is 4.97. The van der Waals surface area contributed by atoms with Gasteiger partial charge in [-0.2, -0.15) is 0 Å². The van der Waals surface area contributed by atoms with Crippen molar-refractivity contribution >= 4 is 29.1 Å². The smallest absolute Gasteiger partial charge is 0.180 e. The number of anilines is 1. The molecule has 0 N–H and O–H groups in total. The van der Waals surface area contributed by atoms with Crippen molar-refractivity contribution in [2.24, 2.45) is 10.8 Å². The normalized spacial score (nSPS) is 23.3. The maximum Gasteiger partial charge on any atom is 0.180 e. The molecule has 3 aliphatic rings. The average molecular weight is 494 g/mol. The Morgan fingerprint density at radius 1 is 0.919 bits per heavy atom. The van der Waals surface area contributed by atoms with Crippen LogP contribution in [0.4, 0.5) is 10.1 Å². The summed E-state index contributed by atoms with van der Waals surface area (Å²) < 4.78 is 15.7. The number of fused-ring (bicyclic) bond motifs is 5. The number of halogens is 1. The molecule has 3 atom stereocenters. The van der Waals surface area contributed by atoms with Crippen LogP contribution in [-0.4, -0.2) is 29.4 Å². The van der Waals surface area contributed by atoms with E-state index in [1.807, 2.05) is 62.9 Å². The lowest BCUT2D eigenvalue weighted by Gasteiger charge is -2.38. The van der Waals surface area contributed by atoms with Crippen molar-refractivity contribution in [1.82, 2.24) is 0 Å². The monoisotopic (exact) mass is 493 g/mol. The zero-order valence-corrected chi connectivity index (χ0v) is 21.3. The van der Waals surface area contributed by atoms with Gasteiger partial charge in [0.1, 0.15) is 11.2 Å². The Hall–Kier alpha value is -3.86. The second kappa shape index (κ2) is 7.82. The van der Waals surface area contributed by atoms with E-state index in [1.54, 1.807) is 42.5 Å². The third-order valence-electron chi connectivity index (χ3n) is 8.21. The van der Waals surface area contributed by atoms with Gasteiger partial charge in [-0.25, -0.2) is 4.39 Å². The molecular weight excluding hydrogens is 465 g/mol. The number of hydrogen-bond acceptors (Lipinski definition) is 4. The summed E-state index contributed by atoms with van der Waals surface area (Å²) in [7, 11) is 0. The number of carbonyl (C=O) groups excluding carboxylic acids is 3. The Bertz CT molecular complexity index is 1490. The number of Topliss-reactive ketones (excluding diaryl/α,β-unsaturated/α-hetero) is 3. The Morgan fingerprint density at radius 2 is 1.54 bits per heavy atom. The first-order valence-electron chi connectivity index (χ1n) is 12.6. The van der Waals surface area contributed by atoms with E-state index in [0.717, 1.165) is 16.8 Å². The summed E-state index contributed by atoms with van der Waals surface area (Å²) in [6, 6.07) is 17.3. The van der Waals surface area contributed by atoms with Gasteiger partial charge in [-0.3, -0.25) is 14.4 Å². The van der Waals surface area contributed by atoms with Gasteiger partial charge in [0.2, 0.25) is 0 Å². The van der Waals surface area contributed by atoms with Gasteiger partial charge in [0.25, 0.3) is 0 Å². The summed E-state index contributed by atoms with van der Waals surface area (Å²) >= 11 is 0. The number of hydrogen-bond donors (Lipinski definition) is 0. The van der Waals surface area contributed by atoms with Gasteiger partial charge >= 0.3 is 0 Å². The minimum Gasteiger partial charge on any atom is -0.352 e. The van der Waals surface area contributed by atoms with E-state index in [-0.39, 0.29) is 22.9 Å². The molecule has 186 valence electrons. The fourth-order valence-electron chi connectivity index (χ4n) is 6.61. The molecule has 37 heavy (non-hydrogen) atoms. The topological polar surface area (TPSA) is 54.5 Å². The van der Waals surface area contributed by atoms with Gasteiger partial charge in [-0.1, -0.05) is 87.0 Å². The van der Waals surface area contributed by atoms with Crippen molar-refractivity contribution in [3.05, 3.63) is 106 Å². The lowest BCUT2D eigenvalue weighted by atomic mass is 9.63. The molecule has 0 saturated carbocycles. The Morgan fingerprint density at radius 3 is 2.16 bits per heavy atom. The number of aryl methyl sites for hydroxylation is 1. The number of ketones is 3. The van der Waals surface area contributed by atoms with Gasteiger partial charge in [-0.15, -0.1) is 0 Å². The van der Waals surface area contributed by atoms with E-state index in [9.17, 15) is 14.4 Å². The minimum absolute atomic E-state index is 0.138. The fraction of sp³-hybridized carbons (Fsp3) is 0.281. The largest absolute Gasteiger partial charge is 0.352 e. The van der Waals surface area contributed by atoms with Crippen LogP contribution in [0.25, 0.3) is 6.08 Å². The van der Waals surface area contributed by atoms with Gasteiger partial charge in [0.05, 0.1) is 12.1 Å². The summed E-state index contributed by atoms with van der Waals surface area (Å²) in [5.74, 6) is -2.36. The molecule has 0 amide bonds. The maximum absolute atomic E-state index is 15.7. The van der Waals surface area contributed by atoms with E-state index >= 15 is 4.39 Å². The van der Waals surface area contributed by atoms with Gasteiger partial charge in [-0.05, 0) is 36.2 Å². The number of carbonyl (C=O) groups is 3. The lowest BCUT2D eigenvalue weighted by Crippen LogP contribution is -2.49. The van der Waals surface area contributed by atoms with Crippen LogP contribution in [0.3, 0.4) is 0 Å². The number of rotatable bonds is 2. The molecule has 3 aromatic rings. The SMILES string of the molecule is Cc1ccc2c(c1)C=CC1N2[C@@H](C(=O)C(C)(C)C)[C@H](c2ccccc2F)C12C(=O)c1ccccc1C2=O. The molecule has 1 saturated heterocycles. The average Bonchev–Trinajstić information content (AvgIpc) is 3.29. The van der Waals surface area contributed by atoms with E-state index in [2.05, 4.69) is 0 Å². The van der Waals surface area contributed by atoms with Crippen LogP contribution in [0.5, 0.6) is 0 Å². The predicted molar refractivity (Wildman–Crippen MR) is 141 cm³/mol. The van der Waals surface area contributed by atoms with E-state index < -0.39 is 34.6 Å². The molecule has 2 aliphatic heterocycles. The highest BCUT2D eigenvalue weighted by Crippen LogP contribution is 2.61. The Labute approximate surface area is 215 Å². The quantitative estimate of drug-likeness (QED) is 0.400. The van der Waals surface area contributed by atoms with Crippen LogP contribution in [0, 0.1) is 23.6 Å². The van der Waals surface area contributed by atoms with Crippen molar-refractivity contribution < 1.29 is 18.8 Å². The summed E-state index contributed by atoms with van der Waals surface area (Å²) in [4.78, 5) is 45.1. The van der Waals surface area contributed by atoms with Crippen LogP contribution in [0.1, 0.15) is 64.1 Å². The van der Waals surface area contributed by atoms with Gasteiger partial charge in [0, 0.05) is 28.1 Å². The molecule has 0 radical (unpaired) electrons. The van der Waals surface area contributed by atoms with E-state index in [0.29, 0.717) is 11.1 Å². The lowest BCUT2D eigenvalue weighted by molar-refractivity contribution is -0.127. The molecule has 6 rings (SSSR count). The molecule has 3 aromatic carbocycles. The van der Waals surface area contributed by atoms with Crippen molar-refractivity contribution in [2.45, 2.75) is 45.7 Å². The predicted octanol–water partition coefficient (Wildman–Crippen LogP) is 6.18. The molecule has 0 bridgehead atoms. The first kappa shape index (κ1) is 23.5. The van der Waals surface area contributed by atoms with Gasteiger partial charge in [0.15, 0.2) is 17.3 Å². The third-order valence-corrected chi connectivity index (χ3v) is 8.21. The highest BCUT2D eigenvalue weighted by atomic mass is 19.1. The summed E-state index contributed by atoms with van der Waals surface area (Å²) in [6.07, 6.45) is 3.80. The minimum atomic E-state index is -1.67. The molecule has 1 aliphatic carbocycles. The molecule has 1 fully saturated rings. The highest BCUT2D eigenvalue weighted by Gasteiger charge is 2.72. The summed E-state index contributed by atoms with van der Waals surface area (Å²) in [5, 5.41) is 0. The van der Waals surface area contributed by atoms with E-state index in [4.69, 9.17) is 0 Å². The maximum atomic E-state index is 15.7. The van der Waals surface area contributed by atoms with Gasteiger partial charge < -0.3 is 4.90 Å². The molecule has 0 aromatic heterocycles. The zero-order valence-electron chi connectivity index (χ0n) is 21.3. The first-order valence-corrected chi connectivity index (χ1v) is 12.6. The van der Waals surface area contributed by atoms with Crippen LogP contribution < -0.4 is 4.90 Å². The van der Waals surface area contributed by atoms with Crippen molar-refractivity contribution in [2.75, 3.05) is 4.90 Å². The van der Waals surface area contributed by atoms with Crippen molar-refractivity contribution in [3.8, 4) is 0 Å². The standard InChI is InChI=1S/C32H28FNO3/c1-18-13-15-24-19(17-18)14-16-25-32(28(35)20-9-5-6-10-21(20)29(32)36)26(22-11-7-8-12-23(22)33)27(34(24)25)30(37)31(2,3)4/h5-17,25-27H,1-4H3/t25?,26-,27+/m0/s1. The molecule has 4 nitrogen and oxygen atoms in total. The summed E-state index contributed by atoms with van der Waals surface area (Å²) in [5.41, 5.74) is 1.15. The molecule has 5 heteroatoms.